The maximum Gasteiger partial charge on any atom is 0.146 e. The summed E-state index contributed by atoms with van der Waals surface area (Å²) in [5, 5.41) is 0.982. The smallest absolute Gasteiger partial charge is 0.146 e. The van der Waals surface area contributed by atoms with Gasteiger partial charge in [0.25, 0.3) is 0 Å². The summed E-state index contributed by atoms with van der Waals surface area (Å²) < 4.78 is 14.8. The van der Waals surface area contributed by atoms with Gasteiger partial charge in [-0.3, -0.25) is 4.90 Å². The van der Waals surface area contributed by atoms with E-state index in [-0.39, 0.29) is 0 Å². The Morgan fingerprint density at radius 3 is 2.78 bits per heavy atom. The number of nitrogen functional groups attached to an aromatic ring is 1. The predicted molar refractivity (Wildman–Crippen MR) is 101 cm³/mol. The lowest BCUT2D eigenvalue weighted by atomic mass is 9.79. The fourth-order valence-electron chi connectivity index (χ4n) is 3.64. The molecule has 1 aliphatic heterocycles. The standard InChI is InChI=1S/C15H20IN5OS/c16-12-8-21(15-13(12)14(17)18-9-19-15)11-5-10(6-11)7-20-1-3-23(22)4-2-20/h8-11H,1-7H2,(H2,17,18,19). The van der Waals surface area contributed by atoms with E-state index in [1.165, 1.54) is 12.8 Å². The van der Waals surface area contributed by atoms with E-state index in [1.54, 1.807) is 6.33 Å². The van der Waals surface area contributed by atoms with E-state index < -0.39 is 11.2 Å². The summed E-state index contributed by atoms with van der Waals surface area (Å²) in [6.45, 7) is 3.12. The van der Waals surface area contributed by atoms with Crippen LogP contribution in [0, 0.1) is 9.49 Å². The molecule has 23 heavy (non-hydrogen) atoms. The molecule has 0 unspecified atom stereocenters. The van der Waals surface area contributed by atoms with Crippen LogP contribution < -0.4 is 5.73 Å². The molecular weight excluding hydrogens is 425 g/mol. The summed E-state index contributed by atoms with van der Waals surface area (Å²) >= 11 is 1.73. The molecule has 2 aromatic heterocycles. The van der Waals surface area contributed by atoms with Crippen LogP contribution >= 0.6 is 22.6 Å². The molecule has 2 aromatic rings. The number of fused-ring (bicyclic) bond motifs is 1. The van der Waals surface area contributed by atoms with Gasteiger partial charge in [-0.15, -0.1) is 0 Å². The first-order valence-corrected chi connectivity index (χ1v) is 10.5. The third kappa shape index (κ3) is 3.06. The maximum atomic E-state index is 11.4. The van der Waals surface area contributed by atoms with E-state index in [2.05, 4.69) is 48.2 Å². The van der Waals surface area contributed by atoms with Crippen molar-refractivity contribution >= 4 is 50.6 Å². The number of aromatic nitrogens is 3. The number of halogens is 1. The van der Waals surface area contributed by atoms with Crippen molar-refractivity contribution in [2.45, 2.75) is 18.9 Å². The highest BCUT2D eigenvalue weighted by atomic mass is 127. The van der Waals surface area contributed by atoms with Gasteiger partial charge in [-0.1, -0.05) is 11.2 Å². The van der Waals surface area contributed by atoms with Crippen LogP contribution in [0.5, 0.6) is 0 Å². The van der Waals surface area contributed by atoms with Crippen molar-refractivity contribution < 1.29 is 4.55 Å². The second-order valence-electron chi connectivity index (χ2n) is 6.48. The number of rotatable bonds is 3. The van der Waals surface area contributed by atoms with Crippen molar-refractivity contribution in [1.82, 2.24) is 19.4 Å². The molecule has 0 radical (unpaired) electrons. The second kappa shape index (κ2) is 6.38. The largest absolute Gasteiger partial charge is 0.616 e. The summed E-state index contributed by atoms with van der Waals surface area (Å²) in [5.41, 5.74) is 6.95. The van der Waals surface area contributed by atoms with E-state index in [0.717, 1.165) is 51.7 Å². The van der Waals surface area contributed by atoms with Gasteiger partial charge in [0.15, 0.2) is 0 Å². The lowest BCUT2D eigenvalue weighted by molar-refractivity contribution is 0.136. The zero-order valence-corrected chi connectivity index (χ0v) is 15.8. The van der Waals surface area contributed by atoms with Gasteiger partial charge >= 0.3 is 0 Å². The molecule has 0 amide bonds. The molecule has 6 nitrogen and oxygen atoms in total. The molecular formula is C15H20IN5OS. The quantitative estimate of drug-likeness (QED) is 0.574. The van der Waals surface area contributed by atoms with Gasteiger partial charge in [-0.2, -0.15) is 0 Å². The van der Waals surface area contributed by atoms with Crippen LogP contribution in [0.25, 0.3) is 11.0 Å². The number of nitrogens with two attached hydrogens (primary N) is 1. The third-order valence-electron chi connectivity index (χ3n) is 4.98. The molecule has 124 valence electrons. The van der Waals surface area contributed by atoms with Gasteiger partial charge in [0, 0.05) is 35.4 Å². The van der Waals surface area contributed by atoms with Gasteiger partial charge in [0.2, 0.25) is 0 Å². The van der Waals surface area contributed by atoms with Crippen molar-refractivity contribution in [3.63, 3.8) is 0 Å². The summed E-state index contributed by atoms with van der Waals surface area (Å²) in [5.74, 6) is 2.98. The Hall–Kier alpha value is -0.580. The Kier molecular flexibility index (Phi) is 4.41. The minimum absolute atomic E-state index is 0.513. The first-order valence-electron chi connectivity index (χ1n) is 7.95. The zero-order chi connectivity index (χ0) is 16.0. The molecule has 1 aliphatic carbocycles. The van der Waals surface area contributed by atoms with Crippen molar-refractivity contribution in [3.8, 4) is 0 Å². The predicted octanol–water partition coefficient (Wildman–Crippen LogP) is 1.63. The minimum Gasteiger partial charge on any atom is -0.616 e. The average Bonchev–Trinajstić information content (AvgIpc) is 2.82. The minimum atomic E-state index is -0.584. The second-order valence-corrected chi connectivity index (χ2v) is 9.34. The Morgan fingerprint density at radius 2 is 2.04 bits per heavy atom. The Bertz CT molecular complexity index is 709. The van der Waals surface area contributed by atoms with Gasteiger partial charge in [-0.25, -0.2) is 9.97 Å². The van der Waals surface area contributed by atoms with Crippen LogP contribution in [0.2, 0.25) is 0 Å². The monoisotopic (exact) mass is 445 g/mol. The molecule has 3 heterocycles. The van der Waals surface area contributed by atoms with E-state index >= 15 is 0 Å². The van der Waals surface area contributed by atoms with Crippen LogP contribution in [0.15, 0.2) is 12.5 Å². The Balaban J connectivity index is 1.41. The zero-order valence-electron chi connectivity index (χ0n) is 12.8. The first-order chi connectivity index (χ1) is 11.1. The van der Waals surface area contributed by atoms with Crippen molar-refractivity contribution in [3.05, 3.63) is 16.1 Å². The van der Waals surface area contributed by atoms with Gasteiger partial charge < -0.3 is 14.9 Å². The van der Waals surface area contributed by atoms with Crippen LogP contribution in [0.1, 0.15) is 18.9 Å². The Morgan fingerprint density at radius 1 is 1.30 bits per heavy atom. The van der Waals surface area contributed by atoms with Crippen molar-refractivity contribution in [1.29, 1.82) is 0 Å². The van der Waals surface area contributed by atoms with Crippen LogP contribution in [-0.2, 0) is 11.2 Å². The van der Waals surface area contributed by atoms with E-state index in [0.29, 0.717) is 11.9 Å². The van der Waals surface area contributed by atoms with Crippen molar-refractivity contribution in [2.24, 2.45) is 5.92 Å². The summed E-state index contributed by atoms with van der Waals surface area (Å²) in [4.78, 5) is 11.0. The highest BCUT2D eigenvalue weighted by molar-refractivity contribution is 14.1. The number of hydrogen-bond donors (Lipinski definition) is 1. The van der Waals surface area contributed by atoms with Crippen LogP contribution in [0.4, 0.5) is 5.82 Å². The lowest BCUT2D eigenvalue weighted by Gasteiger charge is -2.40. The highest BCUT2D eigenvalue weighted by Crippen LogP contribution is 2.41. The topological polar surface area (TPSA) is 83.0 Å². The van der Waals surface area contributed by atoms with E-state index in [1.807, 2.05) is 0 Å². The molecule has 2 N–H and O–H groups in total. The maximum absolute atomic E-state index is 11.4. The van der Waals surface area contributed by atoms with Gasteiger partial charge in [0.1, 0.15) is 29.3 Å². The summed E-state index contributed by atoms with van der Waals surface area (Å²) in [6, 6.07) is 0.513. The number of anilines is 1. The fourth-order valence-corrected chi connectivity index (χ4v) is 5.59. The molecule has 8 heteroatoms. The average molecular weight is 445 g/mol. The molecule has 0 spiro atoms. The van der Waals surface area contributed by atoms with Crippen LogP contribution in [-0.4, -0.2) is 55.1 Å². The normalized spacial score (nSPS) is 26.5. The fraction of sp³-hybridized carbons (Fsp3) is 0.600. The molecule has 2 fully saturated rings. The summed E-state index contributed by atoms with van der Waals surface area (Å²) in [6.07, 6.45) is 6.07. The molecule has 0 atom stereocenters. The molecule has 0 bridgehead atoms. The molecule has 1 saturated carbocycles. The van der Waals surface area contributed by atoms with Gasteiger partial charge in [-0.05, 0) is 41.4 Å². The molecule has 0 aromatic carbocycles. The third-order valence-corrected chi connectivity index (χ3v) is 7.08. The Labute approximate surface area is 152 Å². The highest BCUT2D eigenvalue weighted by Gasteiger charge is 2.34. The lowest BCUT2D eigenvalue weighted by Crippen LogP contribution is -2.45. The molecule has 2 aliphatic rings. The van der Waals surface area contributed by atoms with E-state index in [4.69, 9.17) is 5.73 Å². The SMILES string of the molecule is Nc1ncnc2c1c(I)cn2C1CC(CN2CC[S+]([O-])CC2)C1. The molecule has 1 saturated heterocycles. The van der Waals surface area contributed by atoms with Gasteiger partial charge in [0.05, 0.1) is 5.39 Å². The van der Waals surface area contributed by atoms with E-state index in [9.17, 15) is 4.55 Å². The first kappa shape index (κ1) is 15.9. The number of hydrogen-bond acceptors (Lipinski definition) is 5. The van der Waals surface area contributed by atoms with Crippen molar-refractivity contribution in [2.75, 3.05) is 36.9 Å². The molecule has 4 rings (SSSR count). The van der Waals surface area contributed by atoms with Crippen LogP contribution in [0.3, 0.4) is 0 Å². The summed E-state index contributed by atoms with van der Waals surface area (Å²) in [7, 11) is 0. The number of nitrogens with zero attached hydrogens (tertiary/aromatic N) is 4.